The van der Waals surface area contributed by atoms with Gasteiger partial charge >= 0.3 is 11.9 Å². The number of nitrogens with two attached hydrogens (primary N) is 1. The number of imide groups is 1. The van der Waals surface area contributed by atoms with Gasteiger partial charge in [0.25, 0.3) is 6.23 Å². The Bertz CT molecular complexity index is 739. The van der Waals surface area contributed by atoms with Crippen LogP contribution in [0, 0.1) is 0 Å². The number of likely N-dealkylation sites (tertiary alicyclic amines) is 1. The van der Waals surface area contributed by atoms with Crippen molar-refractivity contribution in [1.82, 2.24) is 4.98 Å². The van der Waals surface area contributed by atoms with Crippen molar-refractivity contribution >= 4 is 17.6 Å². The Hall–Kier alpha value is -2.93. The van der Waals surface area contributed by atoms with Crippen molar-refractivity contribution < 1.29 is 18.8 Å². The van der Waals surface area contributed by atoms with Crippen LogP contribution in [0.5, 0.6) is 5.88 Å². The number of para-hydroxylation sites is 1. The molecule has 0 saturated carbocycles. The van der Waals surface area contributed by atoms with E-state index in [1.165, 1.54) is 0 Å². The molecule has 7 nitrogen and oxygen atoms in total. The summed E-state index contributed by atoms with van der Waals surface area (Å²) in [5.41, 5.74) is 6.44. The Morgan fingerprint density at radius 3 is 2.64 bits per heavy atom. The zero-order valence-corrected chi connectivity index (χ0v) is 13.8. The molecule has 1 aliphatic rings. The number of primary amides is 1. The zero-order chi connectivity index (χ0) is 17.7. The fourth-order valence-electron chi connectivity index (χ4n) is 3.12. The largest absolute Gasteiger partial charge is 0.424 e. The van der Waals surface area contributed by atoms with Crippen LogP contribution in [0.4, 0.5) is 10.5 Å². The number of hydrogen-bond acceptors (Lipinski definition) is 5. The molecule has 3 N–H and O–H groups in total. The maximum atomic E-state index is 12.9. The third-order valence-electron chi connectivity index (χ3n) is 4.40. The minimum atomic E-state index is -0.696. The number of benzene rings is 1. The highest BCUT2D eigenvalue weighted by Gasteiger charge is 2.55. The lowest BCUT2D eigenvalue weighted by molar-refractivity contribution is -0.806. The lowest BCUT2D eigenvalue weighted by Crippen LogP contribution is -2.65. The molecule has 0 aliphatic carbocycles. The molecule has 3 rings (SSSR count). The maximum absolute atomic E-state index is 12.9. The monoisotopic (exact) mass is 341 g/mol. The van der Waals surface area contributed by atoms with E-state index in [1.807, 2.05) is 30.3 Å². The lowest BCUT2D eigenvalue weighted by atomic mass is 10.3. The number of ether oxygens (including phenoxy) is 1. The summed E-state index contributed by atoms with van der Waals surface area (Å²) >= 11 is 0. The normalized spacial score (nSPS) is 22.3. The fourth-order valence-corrected chi connectivity index (χ4v) is 3.12. The van der Waals surface area contributed by atoms with E-state index in [0.29, 0.717) is 25.3 Å². The van der Waals surface area contributed by atoms with Crippen molar-refractivity contribution in [3.63, 3.8) is 0 Å². The van der Waals surface area contributed by atoms with Crippen molar-refractivity contribution in [3.8, 4) is 5.88 Å². The third-order valence-corrected chi connectivity index (χ3v) is 4.40. The van der Waals surface area contributed by atoms with Crippen LogP contribution in [0.25, 0.3) is 0 Å². The number of nitrogens with zero attached hydrogens (tertiary/aromatic N) is 2. The Kier molecular flexibility index (Phi) is 4.95. The van der Waals surface area contributed by atoms with E-state index in [2.05, 4.69) is 10.3 Å². The first-order chi connectivity index (χ1) is 12.1. The molecule has 2 atom stereocenters. The standard InChI is InChI=1S/C18H20N4O3/c19-18(24)22(16(23)13-21-14-7-2-1-3-8-14)12-6-10-17(22)25-15-9-4-5-11-20-15/h1-5,7-9,11,17,21H,6,10,12-13H2,(H-,19,24)/p+1/t17?,22-/m0/s1. The fraction of sp³-hybridized carbons (Fsp3) is 0.278. The van der Waals surface area contributed by atoms with Crippen LogP contribution >= 0.6 is 0 Å². The number of carbonyl (C=O) groups excluding carboxylic acids is 2. The van der Waals surface area contributed by atoms with Crippen LogP contribution in [-0.4, -0.2) is 40.7 Å². The Labute approximate surface area is 146 Å². The molecule has 0 radical (unpaired) electrons. The van der Waals surface area contributed by atoms with Crippen molar-refractivity contribution in [2.75, 3.05) is 18.4 Å². The summed E-state index contributed by atoms with van der Waals surface area (Å²) in [6.07, 6.45) is 2.19. The van der Waals surface area contributed by atoms with Gasteiger partial charge in [0.15, 0.2) is 0 Å². The van der Waals surface area contributed by atoms with Crippen LogP contribution in [-0.2, 0) is 4.79 Å². The van der Waals surface area contributed by atoms with Crippen molar-refractivity contribution in [1.29, 1.82) is 0 Å². The molecule has 130 valence electrons. The molecular weight excluding hydrogens is 320 g/mol. The van der Waals surface area contributed by atoms with Gasteiger partial charge in [0.1, 0.15) is 6.54 Å². The highest BCUT2D eigenvalue weighted by atomic mass is 16.5. The van der Waals surface area contributed by atoms with E-state index < -0.39 is 16.7 Å². The van der Waals surface area contributed by atoms with Crippen LogP contribution in [0.1, 0.15) is 12.8 Å². The summed E-state index contributed by atoms with van der Waals surface area (Å²) in [7, 11) is 0. The molecule has 1 saturated heterocycles. The molecule has 3 amide bonds. The van der Waals surface area contributed by atoms with E-state index in [0.717, 1.165) is 5.69 Å². The molecule has 0 spiro atoms. The van der Waals surface area contributed by atoms with E-state index in [1.54, 1.807) is 24.4 Å². The minimum absolute atomic E-state index is 0.00493. The smallest absolute Gasteiger partial charge is 0.424 e. The van der Waals surface area contributed by atoms with E-state index >= 15 is 0 Å². The Morgan fingerprint density at radius 1 is 1.20 bits per heavy atom. The summed E-state index contributed by atoms with van der Waals surface area (Å²) in [6.45, 7) is 0.331. The SMILES string of the molecule is NC(=O)[N@+]1(C(=O)CNc2ccccc2)CCCC1Oc1ccccn1. The average molecular weight is 341 g/mol. The first kappa shape index (κ1) is 16.9. The van der Waals surface area contributed by atoms with Crippen molar-refractivity contribution in [2.45, 2.75) is 19.1 Å². The molecule has 1 aromatic heterocycles. The molecule has 7 heteroatoms. The molecule has 1 aliphatic heterocycles. The molecule has 0 bridgehead atoms. The predicted molar refractivity (Wildman–Crippen MR) is 92.5 cm³/mol. The number of pyridine rings is 1. The topological polar surface area (TPSA) is 94.3 Å². The summed E-state index contributed by atoms with van der Waals surface area (Å²) in [5, 5.41) is 3.04. The first-order valence-corrected chi connectivity index (χ1v) is 8.20. The van der Waals surface area contributed by atoms with E-state index in [9.17, 15) is 9.59 Å². The van der Waals surface area contributed by atoms with Gasteiger partial charge in [-0.1, -0.05) is 24.3 Å². The number of carbonyl (C=O) groups is 2. The number of hydrogen-bond donors (Lipinski definition) is 2. The number of urea groups is 1. The number of anilines is 1. The van der Waals surface area contributed by atoms with Crippen LogP contribution in [0.15, 0.2) is 54.7 Å². The number of aromatic nitrogens is 1. The molecular formula is C18H21N4O3+. The molecule has 2 aromatic rings. The highest BCUT2D eigenvalue weighted by molar-refractivity contribution is 5.86. The van der Waals surface area contributed by atoms with Crippen molar-refractivity contribution in [3.05, 3.63) is 54.7 Å². The maximum Gasteiger partial charge on any atom is 0.424 e. The summed E-state index contributed by atoms with van der Waals surface area (Å²) in [4.78, 5) is 29.2. The second kappa shape index (κ2) is 7.31. The molecule has 2 heterocycles. The van der Waals surface area contributed by atoms with Crippen molar-refractivity contribution in [2.24, 2.45) is 5.73 Å². The number of amides is 3. The quantitative estimate of drug-likeness (QED) is 0.812. The number of nitrogens with one attached hydrogen (secondary N) is 1. The van der Waals surface area contributed by atoms with Gasteiger partial charge < -0.3 is 15.8 Å². The van der Waals surface area contributed by atoms with Gasteiger partial charge in [-0.3, -0.25) is 0 Å². The Morgan fingerprint density at radius 2 is 1.96 bits per heavy atom. The van der Waals surface area contributed by atoms with Gasteiger partial charge in [-0.15, -0.1) is 4.48 Å². The summed E-state index contributed by atoms with van der Waals surface area (Å²) in [5.74, 6) is 0.0664. The Balaban J connectivity index is 1.77. The molecule has 1 fully saturated rings. The minimum Gasteiger partial charge on any atom is -0.424 e. The van der Waals surface area contributed by atoms with Gasteiger partial charge in [0, 0.05) is 30.8 Å². The molecule has 1 unspecified atom stereocenters. The number of quaternary nitrogens is 1. The molecule has 1 aromatic carbocycles. The lowest BCUT2D eigenvalue weighted by Gasteiger charge is -2.32. The van der Waals surface area contributed by atoms with Crippen LogP contribution < -0.4 is 15.8 Å². The second-order valence-corrected chi connectivity index (χ2v) is 5.93. The second-order valence-electron chi connectivity index (χ2n) is 5.93. The van der Waals surface area contributed by atoms with Gasteiger partial charge in [-0.05, 0) is 18.2 Å². The average Bonchev–Trinajstić information content (AvgIpc) is 3.06. The van der Waals surface area contributed by atoms with Gasteiger partial charge in [0.05, 0.1) is 6.54 Å². The highest BCUT2D eigenvalue weighted by Crippen LogP contribution is 2.29. The molecule has 25 heavy (non-hydrogen) atoms. The zero-order valence-electron chi connectivity index (χ0n) is 13.8. The van der Waals surface area contributed by atoms with E-state index in [4.69, 9.17) is 10.5 Å². The summed E-state index contributed by atoms with van der Waals surface area (Å²) < 4.78 is 5.32. The van der Waals surface area contributed by atoms with Gasteiger partial charge in [-0.2, -0.15) is 0 Å². The number of rotatable bonds is 5. The van der Waals surface area contributed by atoms with Gasteiger partial charge in [-0.25, -0.2) is 14.6 Å². The van der Waals surface area contributed by atoms with Crippen LogP contribution in [0.2, 0.25) is 0 Å². The van der Waals surface area contributed by atoms with Crippen LogP contribution in [0.3, 0.4) is 0 Å². The third kappa shape index (κ3) is 3.46. The van der Waals surface area contributed by atoms with E-state index in [-0.39, 0.29) is 12.5 Å². The predicted octanol–water partition coefficient (Wildman–Crippen LogP) is 2.11. The van der Waals surface area contributed by atoms with Gasteiger partial charge in [0.2, 0.25) is 5.88 Å². The first-order valence-electron chi connectivity index (χ1n) is 8.20. The summed E-state index contributed by atoms with van der Waals surface area (Å²) in [6, 6.07) is 13.9.